The second-order valence-corrected chi connectivity index (χ2v) is 11.0. The second-order valence-electron chi connectivity index (χ2n) is 8.95. The number of aliphatic carboxylic acids is 1. The average molecular weight is 561 g/mol. The van der Waals surface area contributed by atoms with Gasteiger partial charge in [0, 0.05) is 34.3 Å². The van der Waals surface area contributed by atoms with Crippen molar-refractivity contribution in [3.63, 3.8) is 0 Å². The van der Waals surface area contributed by atoms with Crippen LogP contribution in [0.4, 0.5) is 11.4 Å². The van der Waals surface area contributed by atoms with Crippen LogP contribution in [0.15, 0.2) is 47.0 Å². The highest BCUT2D eigenvalue weighted by Gasteiger charge is 2.48. The molecule has 0 radical (unpaired) electrons. The molecule has 2 N–H and O–H groups in total. The number of rotatable bonds is 11. The number of hydrogen-bond donors (Lipinski definition) is 2. The summed E-state index contributed by atoms with van der Waals surface area (Å²) in [7, 11) is 1.84. The molecule has 1 atom stereocenters. The molecule has 192 valence electrons. The minimum atomic E-state index is -1.32. The lowest BCUT2D eigenvalue weighted by atomic mass is 9.80. The number of hydrogen-bond acceptors (Lipinski definition) is 6. The number of nitroso groups, excluding NO2 is 1. The van der Waals surface area contributed by atoms with E-state index in [1.54, 1.807) is 18.2 Å². The predicted molar refractivity (Wildman–Crippen MR) is 149 cm³/mol. The molecule has 1 unspecified atom stereocenters. The Kier molecular flexibility index (Phi) is 11.2. The summed E-state index contributed by atoms with van der Waals surface area (Å²) in [4.78, 5) is 26.3. The monoisotopic (exact) mass is 559 g/mol. The molecule has 0 bridgehead atoms. The van der Waals surface area contributed by atoms with Gasteiger partial charge in [0.05, 0.1) is 20.5 Å². The van der Waals surface area contributed by atoms with Crippen LogP contribution in [0.3, 0.4) is 0 Å². The summed E-state index contributed by atoms with van der Waals surface area (Å²) in [6.45, 7) is 2.42. The summed E-state index contributed by atoms with van der Waals surface area (Å²) in [6.07, 6.45) is 5.86. The number of carboxylic acid groups (broad SMARTS) is 1. The SMILES string of the molecule is CCCC(C(=O)O)(c1ccccc1Nc1c(Cl)cccc1Cl)N(C)CC1(SN=O)CCCCC1.Cl. The van der Waals surface area contributed by atoms with Crippen molar-refractivity contribution < 1.29 is 9.90 Å². The molecule has 0 amide bonds. The van der Waals surface area contributed by atoms with E-state index in [-0.39, 0.29) is 12.4 Å². The third-order valence-corrected chi connectivity index (χ3v) is 8.36. The van der Waals surface area contributed by atoms with E-state index in [1.165, 1.54) is 0 Å². The van der Waals surface area contributed by atoms with Crippen LogP contribution in [0.2, 0.25) is 10.0 Å². The van der Waals surface area contributed by atoms with Gasteiger partial charge in [0.2, 0.25) is 0 Å². The normalized spacial score (nSPS) is 16.7. The number of carbonyl (C=O) groups is 1. The summed E-state index contributed by atoms with van der Waals surface area (Å²) in [6, 6.07) is 12.6. The molecular weight excluding hydrogens is 529 g/mol. The molecule has 3 rings (SSSR count). The molecule has 1 aliphatic rings. The highest BCUT2D eigenvalue weighted by molar-refractivity contribution is 7.99. The molecule has 0 aromatic heterocycles. The Labute approximate surface area is 227 Å². The highest BCUT2D eigenvalue weighted by Crippen LogP contribution is 2.46. The van der Waals surface area contributed by atoms with Crippen molar-refractivity contribution in [3.05, 3.63) is 63.0 Å². The van der Waals surface area contributed by atoms with Crippen LogP contribution in [0.1, 0.15) is 57.4 Å². The lowest BCUT2D eigenvalue weighted by Crippen LogP contribution is -2.55. The van der Waals surface area contributed by atoms with Gasteiger partial charge in [-0.1, -0.05) is 80.1 Å². The number of para-hydroxylation sites is 2. The maximum absolute atomic E-state index is 13.1. The van der Waals surface area contributed by atoms with Gasteiger partial charge in [-0.2, -0.15) is 0 Å². The molecule has 6 nitrogen and oxygen atoms in total. The third-order valence-electron chi connectivity index (χ3n) is 6.73. The Morgan fingerprint density at radius 2 is 1.77 bits per heavy atom. The second kappa shape index (κ2) is 13.2. The van der Waals surface area contributed by atoms with Crippen LogP contribution in [0.5, 0.6) is 0 Å². The number of anilines is 2. The summed E-state index contributed by atoms with van der Waals surface area (Å²) in [5.74, 6) is -0.939. The smallest absolute Gasteiger partial charge is 0.328 e. The summed E-state index contributed by atoms with van der Waals surface area (Å²) in [5, 5.41) is 14.9. The Bertz CT molecular complexity index is 1000. The van der Waals surface area contributed by atoms with Crippen LogP contribution in [0, 0.1) is 4.91 Å². The first-order valence-corrected chi connectivity index (χ1v) is 13.1. The van der Waals surface area contributed by atoms with Crippen molar-refractivity contribution in [2.45, 2.75) is 62.2 Å². The van der Waals surface area contributed by atoms with Crippen molar-refractivity contribution >= 4 is 64.9 Å². The maximum atomic E-state index is 13.1. The molecule has 0 heterocycles. The molecule has 0 aliphatic heterocycles. The zero-order valence-electron chi connectivity index (χ0n) is 19.9. The predicted octanol–water partition coefficient (Wildman–Crippen LogP) is 8.29. The standard InChI is InChI=1S/C25H31Cl2N3O3S.ClH/c1-3-14-25(23(31)32,30(2)17-24(34-29-33)15-7-4-8-16-24)18-10-5-6-13-21(18)28-22-19(26)11-9-12-20(22)27;/h5-6,9-13,28H,3-4,7-8,14-17H2,1-2H3,(H,31,32);1H. The minimum absolute atomic E-state index is 0. The van der Waals surface area contributed by atoms with E-state index in [4.69, 9.17) is 23.2 Å². The van der Waals surface area contributed by atoms with Crippen LogP contribution in [0.25, 0.3) is 0 Å². The molecule has 1 aliphatic carbocycles. The first-order chi connectivity index (χ1) is 16.3. The fraction of sp³-hybridized carbons (Fsp3) is 0.480. The summed E-state index contributed by atoms with van der Waals surface area (Å²) < 4.78 is 2.78. The van der Waals surface area contributed by atoms with Gasteiger partial charge in [-0.3, -0.25) is 4.90 Å². The van der Waals surface area contributed by atoms with Crippen LogP contribution in [-0.2, 0) is 10.3 Å². The van der Waals surface area contributed by atoms with Crippen LogP contribution >= 0.6 is 47.6 Å². The fourth-order valence-electron chi connectivity index (χ4n) is 5.10. The third kappa shape index (κ3) is 6.44. The van der Waals surface area contributed by atoms with Gasteiger partial charge >= 0.3 is 5.97 Å². The van der Waals surface area contributed by atoms with Gasteiger partial charge in [0.1, 0.15) is 5.54 Å². The van der Waals surface area contributed by atoms with E-state index in [2.05, 4.69) is 9.90 Å². The minimum Gasteiger partial charge on any atom is -0.480 e. The average Bonchev–Trinajstić information content (AvgIpc) is 2.81. The first kappa shape index (κ1) is 29.7. The van der Waals surface area contributed by atoms with Crippen molar-refractivity contribution in [3.8, 4) is 0 Å². The Hall–Kier alpha value is -1.51. The molecular formula is C25H32Cl3N3O3S. The summed E-state index contributed by atoms with van der Waals surface area (Å²) >= 11 is 13.9. The first-order valence-electron chi connectivity index (χ1n) is 11.6. The topological polar surface area (TPSA) is 82.0 Å². The number of benzene rings is 2. The molecule has 0 saturated heterocycles. The lowest BCUT2D eigenvalue weighted by Gasteiger charge is -2.45. The molecule has 2 aromatic rings. The van der Waals surface area contributed by atoms with E-state index >= 15 is 0 Å². The van der Waals surface area contributed by atoms with Crippen LogP contribution < -0.4 is 5.32 Å². The van der Waals surface area contributed by atoms with Crippen molar-refractivity contribution in [2.75, 3.05) is 18.9 Å². The van der Waals surface area contributed by atoms with Gasteiger partial charge in [-0.15, -0.1) is 17.3 Å². The van der Waals surface area contributed by atoms with Gasteiger partial charge in [-0.05, 0) is 44.5 Å². The van der Waals surface area contributed by atoms with E-state index in [1.807, 2.05) is 43.1 Å². The zero-order chi connectivity index (χ0) is 24.8. The van der Waals surface area contributed by atoms with Gasteiger partial charge in [0.15, 0.2) is 0 Å². The molecule has 2 aromatic carbocycles. The van der Waals surface area contributed by atoms with Gasteiger partial charge in [0.25, 0.3) is 0 Å². The number of nitrogens with zero attached hydrogens (tertiary/aromatic N) is 2. The Morgan fingerprint density at radius 3 is 2.34 bits per heavy atom. The Morgan fingerprint density at radius 1 is 1.14 bits per heavy atom. The number of likely N-dealkylation sites (N-methyl/N-ethyl adjacent to an activating group) is 1. The number of nitrogens with one attached hydrogen (secondary N) is 1. The molecule has 10 heteroatoms. The maximum Gasteiger partial charge on any atom is 0.328 e. The zero-order valence-corrected chi connectivity index (χ0v) is 23.1. The molecule has 1 saturated carbocycles. The molecule has 1 fully saturated rings. The molecule has 35 heavy (non-hydrogen) atoms. The number of carboxylic acids is 1. The van der Waals surface area contributed by atoms with Crippen LogP contribution in [-0.4, -0.2) is 34.3 Å². The van der Waals surface area contributed by atoms with E-state index in [0.717, 1.165) is 44.1 Å². The van der Waals surface area contributed by atoms with Crippen molar-refractivity contribution in [2.24, 2.45) is 4.58 Å². The van der Waals surface area contributed by atoms with E-state index < -0.39 is 16.3 Å². The number of halogens is 3. The van der Waals surface area contributed by atoms with E-state index in [0.29, 0.717) is 46.4 Å². The van der Waals surface area contributed by atoms with Gasteiger partial charge < -0.3 is 10.4 Å². The Balaban J connectivity index is 0.00000432. The van der Waals surface area contributed by atoms with Gasteiger partial charge in [-0.25, -0.2) is 4.79 Å². The fourth-order valence-corrected chi connectivity index (χ4v) is 6.48. The quantitative estimate of drug-likeness (QED) is 0.212. The van der Waals surface area contributed by atoms with Crippen molar-refractivity contribution in [1.29, 1.82) is 0 Å². The highest BCUT2D eigenvalue weighted by atomic mass is 35.5. The largest absolute Gasteiger partial charge is 0.480 e. The van der Waals surface area contributed by atoms with E-state index in [9.17, 15) is 14.8 Å². The lowest BCUT2D eigenvalue weighted by molar-refractivity contribution is -0.152. The van der Waals surface area contributed by atoms with Crippen molar-refractivity contribution in [1.82, 2.24) is 4.90 Å². The summed E-state index contributed by atoms with van der Waals surface area (Å²) in [5.41, 5.74) is 0.457. The molecule has 0 spiro atoms.